The molecule has 14 rings (SSSR count). The summed E-state index contributed by atoms with van der Waals surface area (Å²) >= 11 is 1.88. The highest BCUT2D eigenvalue weighted by molar-refractivity contribution is 7.26. The van der Waals surface area contributed by atoms with Gasteiger partial charge in [0.15, 0.2) is 0 Å². The van der Waals surface area contributed by atoms with Gasteiger partial charge in [-0.05, 0) is 128 Å². The van der Waals surface area contributed by atoms with Crippen molar-refractivity contribution in [2.45, 2.75) is 0 Å². The molecule has 0 saturated carbocycles. The van der Waals surface area contributed by atoms with E-state index in [2.05, 4.69) is 252 Å². The number of aromatic nitrogens is 2. The van der Waals surface area contributed by atoms with Crippen LogP contribution < -0.4 is 0 Å². The van der Waals surface area contributed by atoms with Gasteiger partial charge in [0.2, 0.25) is 0 Å². The second kappa shape index (κ2) is 15.0. The molecule has 67 heavy (non-hydrogen) atoms. The van der Waals surface area contributed by atoms with E-state index in [1.807, 2.05) is 11.3 Å². The maximum atomic E-state index is 2.49. The molecule has 0 aliphatic heterocycles. The first kappa shape index (κ1) is 37.8. The van der Waals surface area contributed by atoms with Crippen molar-refractivity contribution in [3.63, 3.8) is 0 Å². The fourth-order valence-corrected chi connectivity index (χ4v) is 12.0. The highest BCUT2D eigenvalue weighted by atomic mass is 32.1. The number of benzene rings is 11. The molecule has 3 heterocycles. The molecule has 11 aromatic carbocycles. The summed E-state index contributed by atoms with van der Waals surface area (Å²) in [6, 6.07) is 89.5. The molecule has 0 aliphatic rings. The number of hydrogen-bond acceptors (Lipinski definition) is 1. The molecule has 312 valence electrons. The smallest absolute Gasteiger partial charge is 0.0640 e. The molecule has 0 fully saturated rings. The third kappa shape index (κ3) is 6.02. The van der Waals surface area contributed by atoms with Crippen molar-refractivity contribution in [3.05, 3.63) is 243 Å². The van der Waals surface area contributed by atoms with Gasteiger partial charge in [-0.25, -0.2) is 0 Å². The summed E-state index contributed by atoms with van der Waals surface area (Å²) in [7, 11) is 0. The van der Waals surface area contributed by atoms with Gasteiger partial charge in [-0.3, -0.25) is 0 Å². The van der Waals surface area contributed by atoms with E-state index in [0.717, 1.165) is 5.69 Å². The minimum atomic E-state index is 1.15. The highest BCUT2D eigenvalue weighted by Gasteiger charge is 2.19. The van der Waals surface area contributed by atoms with E-state index in [0.29, 0.717) is 0 Å². The summed E-state index contributed by atoms with van der Waals surface area (Å²) in [6.07, 6.45) is 0. The lowest BCUT2D eigenvalue weighted by Crippen LogP contribution is -1.94. The quantitative estimate of drug-likeness (QED) is 0.158. The van der Waals surface area contributed by atoms with Gasteiger partial charge in [0.25, 0.3) is 0 Å². The molecule has 0 saturated heterocycles. The van der Waals surface area contributed by atoms with E-state index in [4.69, 9.17) is 0 Å². The minimum Gasteiger partial charge on any atom is -0.309 e. The van der Waals surface area contributed by atoms with E-state index in [-0.39, 0.29) is 0 Å². The summed E-state index contributed by atoms with van der Waals surface area (Å²) < 4.78 is 7.53. The summed E-state index contributed by atoms with van der Waals surface area (Å²) in [5, 5.41) is 10.1. The molecule has 3 aromatic heterocycles. The van der Waals surface area contributed by atoms with Crippen molar-refractivity contribution < 1.29 is 0 Å². The molecule has 0 bridgehead atoms. The molecule has 0 aliphatic carbocycles. The van der Waals surface area contributed by atoms with Crippen LogP contribution in [0.15, 0.2) is 243 Å². The number of nitrogens with zero attached hydrogens (tertiary/aromatic N) is 2. The van der Waals surface area contributed by atoms with Crippen molar-refractivity contribution in [2.24, 2.45) is 0 Å². The number of para-hydroxylation sites is 2. The second-order valence-corrected chi connectivity index (χ2v) is 18.7. The molecule has 0 unspecified atom stereocenters. The van der Waals surface area contributed by atoms with E-state index in [9.17, 15) is 0 Å². The standard InChI is InChI=1S/C64H40N2S/c1-2-14-41(15-3-1)46-36-47(44-31-35-60-57(39-44)53-20-7-9-24-58(53)65(60)49-32-28-43(29-33-49)51-22-12-17-42-16-4-5-18-50(42)51)38-48(37-46)45-30-34-54-52-19-6-10-25-59(52)66(62(54)40-45)61-26-13-23-56-55-21-8-11-27-63(55)67-64(56)61/h1-40H. The van der Waals surface area contributed by atoms with Crippen LogP contribution in [0.3, 0.4) is 0 Å². The Kier molecular flexibility index (Phi) is 8.49. The molecule has 14 aromatic rings. The predicted molar refractivity (Wildman–Crippen MR) is 287 cm³/mol. The highest BCUT2D eigenvalue weighted by Crippen LogP contribution is 2.43. The Labute approximate surface area is 391 Å². The van der Waals surface area contributed by atoms with Crippen LogP contribution in [0.1, 0.15) is 0 Å². The molecule has 0 amide bonds. The third-order valence-corrected chi connectivity index (χ3v) is 15.1. The van der Waals surface area contributed by atoms with Gasteiger partial charge in [0.1, 0.15) is 0 Å². The van der Waals surface area contributed by atoms with Crippen LogP contribution in [-0.4, -0.2) is 9.13 Å². The molecule has 0 N–H and O–H groups in total. The van der Waals surface area contributed by atoms with Gasteiger partial charge < -0.3 is 9.13 Å². The van der Waals surface area contributed by atoms with Gasteiger partial charge >= 0.3 is 0 Å². The van der Waals surface area contributed by atoms with Crippen LogP contribution in [0.5, 0.6) is 0 Å². The van der Waals surface area contributed by atoms with E-state index >= 15 is 0 Å². The number of thiophene rings is 1. The van der Waals surface area contributed by atoms with Crippen molar-refractivity contribution >= 4 is 85.9 Å². The summed E-state index contributed by atoms with van der Waals surface area (Å²) in [5.41, 5.74) is 16.8. The van der Waals surface area contributed by atoms with Gasteiger partial charge in [-0.1, -0.05) is 170 Å². The number of rotatable bonds is 6. The summed E-state index contributed by atoms with van der Waals surface area (Å²) in [5.74, 6) is 0. The van der Waals surface area contributed by atoms with Gasteiger partial charge in [0.05, 0.1) is 32.5 Å². The first-order valence-electron chi connectivity index (χ1n) is 23.0. The van der Waals surface area contributed by atoms with Crippen LogP contribution in [-0.2, 0) is 0 Å². The maximum Gasteiger partial charge on any atom is 0.0640 e. The van der Waals surface area contributed by atoms with Crippen LogP contribution in [0.2, 0.25) is 0 Å². The zero-order valence-electron chi connectivity index (χ0n) is 36.4. The average molecular weight is 869 g/mol. The molecule has 2 nitrogen and oxygen atoms in total. The second-order valence-electron chi connectivity index (χ2n) is 17.7. The zero-order chi connectivity index (χ0) is 44.0. The van der Waals surface area contributed by atoms with Gasteiger partial charge in [-0.2, -0.15) is 0 Å². The Morgan fingerprint density at radius 3 is 1.63 bits per heavy atom. The largest absolute Gasteiger partial charge is 0.309 e. The third-order valence-electron chi connectivity index (χ3n) is 13.9. The topological polar surface area (TPSA) is 9.86 Å². The Balaban J connectivity index is 0.927. The zero-order valence-corrected chi connectivity index (χ0v) is 37.2. The first-order valence-corrected chi connectivity index (χ1v) is 23.8. The van der Waals surface area contributed by atoms with Crippen LogP contribution in [0, 0.1) is 0 Å². The van der Waals surface area contributed by atoms with E-state index < -0.39 is 0 Å². The molecule has 0 spiro atoms. The lowest BCUT2D eigenvalue weighted by atomic mass is 9.92. The van der Waals surface area contributed by atoms with Crippen molar-refractivity contribution in [1.82, 2.24) is 9.13 Å². The molecule has 3 heteroatoms. The SMILES string of the molecule is c1ccc(-c2cc(-c3ccc4c(c3)c3ccccc3n4-c3ccc(-c4cccc5ccccc45)cc3)cc(-c3ccc4c5ccccc5n(-c5cccc6c5sc5ccccc56)c4c3)c2)cc1. The minimum absolute atomic E-state index is 1.15. The van der Waals surface area contributed by atoms with Crippen molar-refractivity contribution in [2.75, 3.05) is 0 Å². The lowest BCUT2D eigenvalue weighted by Gasteiger charge is -2.14. The molecular formula is C64H40N2S. The predicted octanol–water partition coefficient (Wildman–Crippen LogP) is 18.1. The Morgan fingerprint density at radius 2 is 0.821 bits per heavy atom. The summed E-state index contributed by atoms with van der Waals surface area (Å²) in [6.45, 7) is 0. The Morgan fingerprint density at radius 1 is 0.269 bits per heavy atom. The van der Waals surface area contributed by atoms with Crippen LogP contribution in [0.25, 0.3) is 130 Å². The fraction of sp³-hybridized carbons (Fsp3) is 0. The van der Waals surface area contributed by atoms with Gasteiger partial charge in [-0.15, -0.1) is 11.3 Å². The van der Waals surface area contributed by atoms with Crippen LogP contribution >= 0.6 is 11.3 Å². The number of hydrogen-bond donors (Lipinski definition) is 0. The lowest BCUT2D eigenvalue weighted by molar-refractivity contribution is 1.18. The van der Waals surface area contributed by atoms with E-state index in [1.54, 1.807) is 0 Å². The van der Waals surface area contributed by atoms with Crippen molar-refractivity contribution in [1.29, 1.82) is 0 Å². The van der Waals surface area contributed by atoms with Crippen LogP contribution in [0.4, 0.5) is 0 Å². The average Bonchev–Trinajstić information content (AvgIpc) is 4.06. The monoisotopic (exact) mass is 868 g/mol. The first-order chi connectivity index (χ1) is 33.2. The van der Waals surface area contributed by atoms with Crippen molar-refractivity contribution in [3.8, 4) is 55.9 Å². The Bertz CT molecular complexity index is 4260. The molecule has 0 radical (unpaired) electrons. The van der Waals surface area contributed by atoms with Gasteiger partial charge in [0, 0.05) is 42.7 Å². The number of fused-ring (bicyclic) bond motifs is 10. The van der Waals surface area contributed by atoms with E-state index in [1.165, 1.54) is 125 Å². The summed E-state index contributed by atoms with van der Waals surface area (Å²) in [4.78, 5) is 0. The molecule has 0 atom stereocenters. The Hall–Kier alpha value is -8.50. The normalized spacial score (nSPS) is 11.9. The maximum absolute atomic E-state index is 2.49. The fourth-order valence-electron chi connectivity index (χ4n) is 10.8. The molecular weight excluding hydrogens is 829 g/mol.